The molecule has 0 spiro atoms. The molecule has 0 bridgehead atoms. The van der Waals surface area contributed by atoms with Crippen LogP contribution >= 0.6 is 0 Å². The van der Waals surface area contributed by atoms with Crippen LogP contribution < -0.4 is 10.5 Å². The van der Waals surface area contributed by atoms with Crippen molar-refractivity contribution < 1.29 is 4.74 Å². The first kappa shape index (κ1) is 13.4. The Morgan fingerprint density at radius 1 is 1.17 bits per heavy atom. The number of nitrogens with two attached hydrogens (primary N) is 1. The Hall–Kier alpha value is -1.02. The van der Waals surface area contributed by atoms with Gasteiger partial charge in [-0.15, -0.1) is 0 Å². The molecule has 0 heterocycles. The quantitative estimate of drug-likeness (QED) is 0.884. The topological polar surface area (TPSA) is 35.2 Å². The molecule has 2 heteroatoms. The molecule has 1 saturated carbocycles. The molecule has 0 aromatic heterocycles. The van der Waals surface area contributed by atoms with Crippen molar-refractivity contribution in [3.05, 3.63) is 29.8 Å². The second-order valence-corrected chi connectivity index (χ2v) is 5.97. The second-order valence-electron chi connectivity index (χ2n) is 5.97. The second kappa shape index (κ2) is 5.31. The lowest BCUT2D eigenvalue weighted by atomic mass is 9.69. The zero-order chi connectivity index (χ0) is 13.2. The van der Waals surface area contributed by atoms with E-state index in [0.717, 1.165) is 18.6 Å². The van der Waals surface area contributed by atoms with E-state index in [0.29, 0.717) is 18.4 Å². The number of hydrogen-bond donors (Lipinski definition) is 1. The highest BCUT2D eigenvalue weighted by molar-refractivity contribution is 5.32. The summed E-state index contributed by atoms with van der Waals surface area (Å²) in [6.07, 6.45) is 3.48. The van der Waals surface area contributed by atoms with Gasteiger partial charge in [-0.2, -0.15) is 0 Å². The van der Waals surface area contributed by atoms with E-state index >= 15 is 0 Å². The van der Waals surface area contributed by atoms with Gasteiger partial charge in [0.05, 0.1) is 6.61 Å². The number of rotatable bonds is 3. The van der Waals surface area contributed by atoms with Gasteiger partial charge in [0.2, 0.25) is 0 Å². The van der Waals surface area contributed by atoms with Crippen LogP contribution in [-0.2, 0) is 5.54 Å². The van der Waals surface area contributed by atoms with Crippen LogP contribution in [0.1, 0.15) is 45.6 Å². The predicted molar refractivity (Wildman–Crippen MR) is 75.7 cm³/mol. The first-order valence-corrected chi connectivity index (χ1v) is 7.05. The van der Waals surface area contributed by atoms with E-state index in [1.807, 2.05) is 19.1 Å². The average Bonchev–Trinajstić information content (AvgIpc) is 2.28. The van der Waals surface area contributed by atoms with Crippen molar-refractivity contribution >= 4 is 0 Å². The van der Waals surface area contributed by atoms with Crippen LogP contribution in [0.2, 0.25) is 0 Å². The molecule has 0 aliphatic heterocycles. The van der Waals surface area contributed by atoms with Crippen LogP contribution in [0.25, 0.3) is 0 Å². The monoisotopic (exact) mass is 247 g/mol. The minimum atomic E-state index is -0.151. The fraction of sp³-hybridized carbons (Fsp3) is 0.625. The Morgan fingerprint density at radius 2 is 1.72 bits per heavy atom. The van der Waals surface area contributed by atoms with Crippen LogP contribution in [0.4, 0.5) is 0 Å². The molecule has 2 nitrogen and oxygen atoms in total. The third-order valence-electron chi connectivity index (χ3n) is 3.97. The standard InChI is InChI=1S/C16H25NO/c1-4-18-15-7-5-14(6-8-15)16(17)10-12(2)9-13(3)11-16/h5-8,12-13H,4,9-11,17H2,1-3H3. The Labute approximate surface area is 111 Å². The molecule has 0 radical (unpaired) electrons. The summed E-state index contributed by atoms with van der Waals surface area (Å²) in [6.45, 7) is 7.33. The van der Waals surface area contributed by atoms with Gasteiger partial charge in [0, 0.05) is 5.54 Å². The third kappa shape index (κ3) is 2.86. The molecule has 2 unspecified atom stereocenters. The smallest absolute Gasteiger partial charge is 0.119 e. The van der Waals surface area contributed by atoms with Crippen LogP contribution in [0.3, 0.4) is 0 Å². The van der Waals surface area contributed by atoms with Crippen LogP contribution in [0, 0.1) is 11.8 Å². The maximum atomic E-state index is 6.64. The van der Waals surface area contributed by atoms with E-state index in [2.05, 4.69) is 26.0 Å². The van der Waals surface area contributed by atoms with Crippen molar-refractivity contribution in [2.45, 2.75) is 45.6 Å². The lowest BCUT2D eigenvalue weighted by molar-refractivity contribution is 0.183. The fourth-order valence-corrected chi connectivity index (χ4v) is 3.47. The highest BCUT2D eigenvalue weighted by atomic mass is 16.5. The molecule has 2 rings (SSSR count). The van der Waals surface area contributed by atoms with Crippen molar-refractivity contribution in [1.82, 2.24) is 0 Å². The summed E-state index contributed by atoms with van der Waals surface area (Å²) >= 11 is 0. The number of ether oxygens (including phenoxy) is 1. The molecule has 1 aliphatic carbocycles. The normalized spacial score (nSPS) is 32.2. The van der Waals surface area contributed by atoms with Gasteiger partial charge in [-0.1, -0.05) is 26.0 Å². The molecule has 2 N–H and O–H groups in total. The predicted octanol–water partition coefficient (Wildman–Crippen LogP) is 3.70. The van der Waals surface area contributed by atoms with Gasteiger partial charge in [0.15, 0.2) is 0 Å². The van der Waals surface area contributed by atoms with Gasteiger partial charge in [-0.05, 0) is 55.7 Å². The minimum Gasteiger partial charge on any atom is -0.494 e. The maximum Gasteiger partial charge on any atom is 0.119 e. The zero-order valence-corrected chi connectivity index (χ0v) is 11.8. The summed E-state index contributed by atoms with van der Waals surface area (Å²) in [4.78, 5) is 0. The van der Waals surface area contributed by atoms with Crippen molar-refractivity contribution in [1.29, 1.82) is 0 Å². The Morgan fingerprint density at radius 3 is 2.22 bits per heavy atom. The van der Waals surface area contributed by atoms with Crippen LogP contribution in [-0.4, -0.2) is 6.61 Å². The summed E-state index contributed by atoms with van der Waals surface area (Å²) in [7, 11) is 0. The molecule has 18 heavy (non-hydrogen) atoms. The maximum absolute atomic E-state index is 6.64. The average molecular weight is 247 g/mol. The molecule has 1 aromatic rings. The minimum absolute atomic E-state index is 0.151. The summed E-state index contributed by atoms with van der Waals surface area (Å²) in [5.74, 6) is 2.36. The zero-order valence-electron chi connectivity index (χ0n) is 11.8. The van der Waals surface area contributed by atoms with E-state index in [9.17, 15) is 0 Å². The molecular weight excluding hydrogens is 222 g/mol. The largest absolute Gasteiger partial charge is 0.494 e. The Bertz CT molecular complexity index is 375. The molecule has 1 aliphatic rings. The van der Waals surface area contributed by atoms with Gasteiger partial charge in [0.1, 0.15) is 5.75 Å². The Kier molecular flexibility index (Phi) is 3.96. The van der Waals surface area contributed by atoms with Crippen molar-refractivity contribution in [2.75, 3.05) is 6.61 Å². The van der Waals surface area contributed by atoms with Gasteiger partial charge in [-0.3, -0.25) is 0 Å². The van der Waals surface area contributed by atoms with Crippen LogP contribution in [0.15, 0.2) is 24.3 Å². The highest BCUT2D eigenvalue weighted by Gasteiger charge is 2.35. The fourth-order valence-electron chi connectivity index (χ4n) is 3.47. The molecular formula is C16H25NO. The van der Waals surface area contributed by atoms with E-state index in [-0.39, 0.29) is 5.54 Å². The van der Waals surface area contributed by atoms with Crippen molar-refractivity contribution in [3.8, 4) is 5.75 Å². The number of benzene rings is 1. The van der Waals surface area contributed by atoms with E-state index in [1.54, 1.807) is 0 Å². The highest BCUT2D eigenvalue weighted by Crippen LogP contribution is 2.40. The first-order chi connectivity index (χ1) is 8.53. The molecule has 0 saturated heterocycles. The van der Waals surface area contributed by atoms with Crippen molar-refractivity contribution in [3.63, 3.8) is 0 Å². The van der Waals surface area contributed by atoms with E-state index in [4.69, 9.17) is 10.5 Å². The molecule has 100 valence electrons. The summed E-state index contributed by atoms with van der Waals surface area (Å²) in [6, 6.07) is 8.35. The van der Waals surface area contributed by atoms with Gasteiger partial charge < -0.3 is 10.5 Å². The Balaban J connectivity index is 2.18. The molecule has 1 fully saturated rings. The molecule has 0 amide bonds. The van der Waals surface area contributed by atoms with Gasteiger partial charge in [0.25, 0.3) is 0 Å². The third-order valence-corrected chi connectivity index (χ3v) is 3.97. The molecule has 2 atom stereocenters. The van der Waals surface area contributed by atoms with E-state index in [1.165, 1.54) is 12.0 Å². The van der Waals surface area contributed by atoms with E-state index < -0.39 is 0 Å². The summed E-state index contributed by atoms with van der Waals surface area (Å²) in [5.41, 5.74) is 7.75. The summed E-state index contributed by atoms with van der Waals surface area (Å²) < 4.78 is 5.48. The van der Waals surface area contributed by atoms with Crippen molar-refractivity contribution in [2.24, 2.45) is 17.6 Å². The van der Waals surface area contributed by atoms with Gasteiger partial charge in [-0.25, -0.2) is 0 Å². The lowest BCUT2D eigenvalue weighted by Crippen LogP contribution is -2.43. The SMILES string of the molecule is CCOc1ccc(C2(N)CC(C)CC(C)C2)cc1. The summed E-state index contributed by atoms with van der Waals surface area (Å²) in [5, 5.41) is 0. The van der Waals surface area contributed by atoms with Gasteiger partial charge >= 0.3 is 0 Å². The first-order valence-electron chi connectivity index (χ1n) is 7.05. The lowest BCUT2D eigenvalue weighted by Gasteiger charge is -2.40. The number of hydrogen-bond acceptors (Lipinski definition) is 2. The molecule has 1 aromatic carbocycles. The van der Waals surface area contributed by atoms with Crippen LogP contribution in [0.5, 0.6) is 5.75 Å².